The smallest absolute Gasteiger partial charge is 0.249 e. The summed E-state index contributed by atoms with van der Waals surface area (Å²) in [6.45, 7) is 7.74. The number of hydrogen-bond acceptors (Lipinski definition) is 4. The predicted octanol–water partition coefficient (Wildman–Crippen LogP) is 4.27. The lowest BCUT2D eigenvalue weighted by Gasteiger charge is -2.36. The molecule has 0 saturated heterocycles. The van der Waals surface area contributed by atoms with Crippen LogP contribution in [0.5, 0.6) is 0 Å². The van der Waals surface area contributed by atoms with Crippen LogP contribution in [0, 0.1) is 5.41 Å². The lowest BCUT2D eigenvalue weighted by atomic mass is 9.79. The van der Waals surface area contributed by atoms with Gasteiger partial charge in [0, 0.05) is 22.1 Å². The first-order valence-corrected chi connectivity index (χ1v) is 9.27. The minimum absolute atomic E-state index is 0.420. The molecule has 28 heavy (non-hydrogen) atoms. The lowest BCUT2D eigenvalue weighted by Crippen LogP contribution is -2.42. The maximum atomic E-state index is 12.2. The summed E-state index contributed by atoms with van der Waals surface area (Å²) < 4.78 is 2.09. The van der Waals surface area contributed by atoms with E-state index in [2.05, 4.69) is 28.6 Å². The molecule has 0 spiro atoms. The predicted molar refractivity (Wildman–Crippen MR) is 109 cm³/mol. The first-order chi connectivity index (χ1) is 13.3. The minimum Gasteiger partial charge on any atom is -0.301 e. The van der Waals surface area contributed by atoms with Gasteiger partial charge in [-0.25, -0.2) is 5.48 Å². The topological polar surface area (TPSA) is 80.0 Å². The van der Waals surface area contributed by atoms with E-state index in [-0.39, 0.29) is 0 Å². The van der Waals surface area contributed by atoms with Gasteiger partial charge >= 0.3 is 0 Å². The molecule has 0 saturated carbocycles. The second kappa shape index (κ2) is 7.56. The van der Waals surface area contributed by atoms with Gasteiger partial charge in [0.25, 0.3) is 0 Å². The number of amides is 1. The average molecular weight is 378 g/mol. The van der Waals surface area contributed by atoms with E-state index < -0.39 is 16.9 Å². The SMILES string of the molecule is CC(C)(CC(C)(C)n1c(-c2ccccc2)nnc1-c1ccccc1)C(=O)NO. The number of carbonyl (C=O) groups excluding carboxylic acids is 1. The van der Waals surface area contributed by atoms with E-state index in [0.29, 0.717) is 6.42 Å². The number of carbonyl (C=O) groups is 1. The lowest BCUT2D eigenvalue weighted by molar-refractivity contribution is -0.139. The van der Waals surface area contributed by atoms with Crippen molar-refractivity contribution in [3.05, 3.63) is 60.7 Å². The summed E-state index contributed by atoms with van der Waals surface area (Å²) in [5.41, 5.74) is 2.40. The fourth-order valence-corrected chi connectivity index (χ4v) is 3.80. The summed E-state index contributed by atoms with van der Waals surface area (Å²) in [4.78, 5) is 12.2. The zero-order valence-corrected chi connectivity index (χ0v) is 16.7. The molecule has 0 bridgehead atoms. The minimum atomic E-state index is -0.787. The molecule has 6 nitrogen and oxygen atoms in total. The molecular formula is C22H26N4O2. The quantitative estimate of drug-likeness (QED) is 0.496. The summed E-state index contributed by atoms with van der Waals surface area (Å²) >= 11 is 0. The van der Waals surface area contributed by atoms with Crippen molar-refractivity contribution in [2.45, 2.75) is 39.7 Å². The fraction of sp³-hybridized carbons (Fsp3) is 0.318. The van der Waals surface area contributed by atoms with E-state index >= 15 is 0 Å². The van der Waals surface area contributed by atoms with Crippen LogP contribution in [0.4, 0.5) is 0 Å². The van der Waals surface area contributed by atoms with Crippen molar-refractivity contribution in [3.8, 4) is 22.8 Å². The number of benzene rings is 2. The van der Waals surface area contributed by atoms with Crippen molar-refractivity contribution in [3.63, 3.8) is 0 Å². The first-order valence-electron chi connectivity index (χ1n) is 9.27. The number of nitrogens with zero attached hydrogens (tertiary/aromatic N) is 3. The van der Waals surface area contributed by atoms with Crippen molar-refractivity contribution in [2.24, 2.45) is 5.41 Å². The molecule has 1 aromatic heterocycles. The number of aromatic nitrogens is 3. The average Bonchev–Trinajstić information content (AvgIpc) is 3.14. The van der Waals surface area contributed by atoms with Gasteiger partial charge in [-0.05, 0) is 20.3 Å². The van der Waals surface area contributed by atoms with Crippen LogP contribution in [0.1, 0.15) is 34.1 Å². The summed E-state index contributed by atoms with van der Waals surface area (Å²) in [5, 5.41) is 18.1. The molecule has 2 aromatic carbocycles. The van der Waals surface area contributed by atoms with E-state index in [1.807, 2.05) is 74.5 Å². The van der Waals surface area contributed by atoms with E-state index in [9.17, 15) is 4.79 Å². The van der Waals surface area contributed by atoms with Crippen LogP contribution in [-0.4, -0.2) is 25.9 Å². The Morgan fingerprint density at radius 3 is 1.71 bits per heavy atom. The number of hydrogen-bond donors (Lipinski definition) is 2. The Morgan fingerprint density at radius 2 is 1.32 bits per heavy atom. The Hall–Kier alpha value is -2.99. The molecule has 0 aliphatic heterocycles. The van der Waals surface area contributed by atoms with E-state index in [1.165, 1.54) is 0 Å². The van der Waals surface area contributed by atoms with E-state index in [4.69, 9.17) is 5.21 Å². The highest BCUT2D eigenvalue weighted by molar-refractivity contribution is 5.80. The van der Waals surface area contributed by atoms with Crippen LogP contribution < -0.4 is 5.48 Å². The zero-order chi connectivity index (χ0) is 20.4. The molecule has 146 valence electrons. The zero-order valence-electron chi connectivity index (χ0n) is 16.7. The first kappa shape index (κ1) is 19.8. The second-order valence-electron chi connectivity index (χ2n) is 8.23. The van der Waals surface area contributed by atoms with Gasteiger partial charge in [-0.3, -0.25) is 10.0 Å². The molecule has 0 unspecified atom stereocenters. The van der Waals surface area contributed by atoms with Gasteiger partial charge in [0.1, 0.15) is 0 Å². The van der Waals surface area contributed by atoms with Gasteiger partial charge in [-0.15, -0.1) is 10.2 Å². The van der Waals surface area contributed by atoms with Gasteiger partial charge in [-0.2, -0.15) is 0 Å². The Balaban J connectivity index is 2.16. The van der Waals surface area contributed by atoms with Gasteiger partial charge < -0.3 is 4.57 Å². The molecule has 2 N–H and O–H groups in total. The third kappa shape index (κ3) is 3.82. The number of hydroxylamine groups is 1. The standard InChI is InChI=1S/C22H26N4O2/c1-21(2,20(27)25-28)15-22(3,4)26-18(16-11-7-5-8-12-16)23-24-19(26)17-13-9-6-10-14-17/h5-14,28H,15H2,1-4H3,(H,25,27). The van der Waals surface area contributed by atoms with Gasteiger partial charge in [-0.1, -0.05) is 74.5 Å². The second-order valence-corrected chi connectivity index (χ2v) is 8.23. The van der Waals surface area contributed by atoms with Crippen molar-refractivity contribution in [1.29, 1.82) is 0 Å². The van der Waals surface area contributed by atoms with Crippen LogP contribution in [0.25, 0.3) is 22.8 Å². The van der Waals surface area contributed by atoms with Crippen molar-refractivity contribution in [1.82, 2.24) is 20.2 Å². The Bertz CT molecular complexity index is 890. The van der Waals surface area contributed by atoms with Gasteiger partial charge in [0.15, 0.2) is 11.6 Å². The molecule has 3 aromatic rings. The molecule has 0 atom stereocenters. The van der Waals surface area contributed by atoms with E-state index in [1.54, 1.807) is 5.48 Å². The molecule has 3 rings (SSSR count). The summed E-state index contributed by atoms with van der Waals surface area (Å²) in [6, 6.07) is 19.8. The molecule has 0 aliphatic carbocycles. The molecule has 0 aliphatic rings. The third-order valence-electron chi connectivity index (χ3n) is 4.92. The number of nitrogens with one attached hydrogen (secondary N) is 1. The normalized spacial score (nSPS) is 12.0. The molecule has 6 heteroatoms. The summed E-state index contributed by atoms with van der Waals surface area (Å²) in [5.74, 6) is 1.06. The highest BCUT2D eigenvalue weighted by atomic mass is 16.5. The van der Waals surface area contributed by atoms with Gasteiger partial charge in [0.2, 0.25) is 5.91 Å². The Morgan fingerprint density at radius 1 is 0.893 bits per heavy atom. The van der Waals surface area contributed by atoms with Crippen LogP contribution in [-0.2, 0) is 10.3 Å². The van der Waals surface area contributed by atoms with Crippen molar-refractivity contribution in [2.75, 3.05) is 0 Å². The molecule has 1 heterocycles. The molecular weight excluding hydrogens is 352 g/mol. The van der Waals surface area contributed by atoms with Crippen molar-refractivity contribution >= 4 is 5.91 Å². The number of rotatable bonds is 6. The van der Waals surface area contributed by atoms with Gasteiger partial charge in [0.05, 0.1) is 0 Å². The molecule has 0 fully saturated rings. The maximum Gasteiger partial charge on any atom is 0.249 e. The Kier molecular flexibility index (Phi) is 5.34. The van der Waals surface area contributed by atoms with Crippen LogP contribution in [0.2, 0.25) is 0 Å². The molecule has 1 amide bonds. The summed E-state index contributed by atoms with van der Waals surface area (Å²) in [6.07, 6.45) is 0.476. The Labute approximate surface area is 165 Å². The van der Waals surface area contributed by atoms with E-state index in [0.717, 1.165) is 22.8 Å². The summed E-state index contributed by atoms with van der Waals surface area (Å²) in [7, 11) is 0. The van der Waals surface area contributed by atoms with Crippen LogP contribution >= 0.6 is 0 Å². The largest absolute Gasteiger partial charge is 0.301 e. The van der Waals surface area contributed by atoms with Crippen LogP contribution in [0.3, 0.4) is 0 Å². The maximum absolute atomic E-state index is 12.2. The monoisotopic (exact) mass is 378 g/mol. The highest BCUT2D eigenvalue weighted by Crippen LogP contribution is 2.38. The van der Waals surface area contributed by atoms with Crippen molar-refractivity contribution < 1.29 is 10.0 Å². The fourth-order valence-electron chi connectivity index (χ4n) is 3.80. The third-order valence-corrected chi connectivity index (χ3v) is 4.92. The van der Waals surface area contributed by atoms with Crippen LogP contribution in [0.15, 0.2) is 60.7 Å². The highest BCUT2D eigenvalue weighted by Gasteiger charge is 2.38. The molecule has 0 radical (unpaired) electrons.